The first kappa shape index (κ1) is 4.79. The fourth-order valence-corrected chi connectivity index (χ4v) is 4.58. The van der Waals surface area contributed by atoms with E-state index in [0.717, 1.165) is 0 Å². The van der Waals surface area contributed by atoms with Crippen LogP contribution in [0.1, 0.15) is 25.7 Å². The van der Waals surface area contributed by atoms with Crippen molar-refractivity contribution < 1.29 is 0 Å². The van der Waals surface area contributed by atoms with Crippen LogP contribution in [0.3, 0.4) is 0 Å². The summed E-state index contributed by atoms with van der Waals surface area (Å²) in [5, 5.41) is 0. The zero-order chi connectivity index (χ0) is 6.29. The molecule has 10 heavy (non-hydrogen) atoms. The Morgan fingerprint density at radius 1 is 0.700 bits per heavy atom. The van der Waals surface area contributed by atoms with Gasteiger partial charge in [-0.05, 0) is 54.8 Å². The maximum Gasteiger partial charge on any atom is -0.0318 e. The lowest BCUT2D eigenvalue weighted by molar-refractivity contribution is -0.0940. The van der Waals surface area contributed by atoms with Crippen LogP contribution < -0.4 is 0 Å². The van der Waals surface area contributed by atoms with Gasteiger partial charge in [0.2, 0.25) is 0 Å². The van der Waals surface area contributed by atoms with E-state index < -0.39 is 0 Å². The van der Waals surface area contributed by atoms with Crippen molar-refractivity contribution >= 4 is 0 Å². The molecule has 4 fully saturated rings. The van der Waals surface area contributed by atoms with E-state index in [-0.39, 0.29) is 0 Å². The summed E-state index contributed by atoms with van der Waals surface area (Å²) in [6.07, 6.45) is 6.42. The third kappa shape index (κ3) is 0.302. The predicted molar refractivity (Wildman–Crippen MR) is 39.4 cm³/mol. The molecule has 0 heteroatoms. The van der Waals surface area contributed by atoms with Gasteiger partial charge >= 0.3 is 0 Å². The Bertz CT molecular complexity index is 164. The summed E-state index contributed by atoms with van der Waals surface area (Å²) in [7, 11) is 0. The molecule has 0 bridgehead atoms. The zero-order valence-corrected chi connectivity index (χ0v) is 6.29. The Kier molecular flexibility index (Phi) is 0.570. The average Bonchev–Trinajstić information content (AvgIpc) is 2.32. The third-order valence-electron chi connectivity index (χ3n) is 4.94. The van der Waals surface area contributed by atoms with E-state index in [4.69, 9.17) is 0 Å². The summed E-state index contributed by atoms with van der Waals surface area (Å²) in [5.41, 5.74) is 0. The highest BCUT2D eigenvalue weighted by atomic mass is 14.8. The van der Waals surface area contributed by atoms with Gasteiger partial charge in [0.25, 0.3) is 0 Å². The summed E-state index contributed by atoms with van der Waals surface area (Å²) in [6.45, 7) is 0. The van der Waals surface area contributed by atoms with Crippen molar-refractivity contribution in [3.63, 3.8) is 0 Å². The lowest BCUT2D eigenvalue weighted by Crippen LogP contribution is -2.52. The van der Waals surface area contributed by atoms with Crippen molar-refractivity contribution in [2.24, 2.45) is 35.5 Å². The van der Waals surface area contributed by atoms with E-state index >= 15 is 0 Å². The lowest BCUT2D eigenvalue weighted by Gasteiger charge is -2.56. The van der Waals surface area contributed by atoms with Crippen molar-refractivity contribution in [1.29, 1.82) is 0 Å². The highest BCUT2D eigenvalue weighted by Gasteiger charge is 2.73. The van der Waals surface area contributed by atoms with Crippen molar-refractivity contribution in [2.45, 2.75) is 25.7 Å². The van der Waals surface area contributed by atoms with E-state index in [1.54, 1.807) is 25.7 Å². The molecule has 0 heterocycles. The Morgan fingerprint density at radius 3 is 1.90 bits per heavy atom. The molecule has 0 radical (unpaired) electrons. The Morgan fingerprint density at radius 2 is 1.30 bits per heavy atom. The molecule has 0 amide bonds. The second kappa shape index (κ2) is 1.19. The van der Waals surface area contributed by atoms with E-state index in [0.29, 0.717) is 0 Å². The standard InChI is InChI=1S/C10H14/c1-2-5-6(3-1)10-8-4-7(8)9(5)10/h5-10H,1-4H2. The van der Waals surface area contributed by atoms with Gasteiger partial charge in [-0.1, -0.05) is 6.42 Å². The molecule has 0 nitrogen and oxygen atoms in total. The van der Waals surface area contributed by atoms with Crippen molar-refractivity contribution in [1.82, 2.24) is 0 Å². The fraction of sp³-hybridized carbons (Fsp3) is 1.00. The molecule has 0 aromatic heterocycles. The van der Waals surface area contributed by atoms with E-state index in [1.165, 1.54) is 35.5 Å². The summed E-state index contributed by atoms with van der Waals surface area (Å²) in [5.74, 6) is 7.58. The van der Waals surface area contributed by atoms with Gasteiger partial charge in [-0.15, -0.1) is 0 Å². The molecule has 0 N–H and O–H groups in total. The molecule has 6 unspecified atom stereocenters. The summed E-state index contributed by atoms with van der Waals surface area (Å²) >= 11 is 0. The largest absolute Gasteiger partial charge is 0.0527 e. The van der Waals surface area contributed by atoms with E-state index in [9.17, 15) is 0 Å². The average molecular weight is 134 g/mol. The molecule has 0 aromatic carbocycles. The van der Waals surface area contributed by atoms with E-state index in [2.05, 4.69) is 0 Å². The highest BCUT2D eigenvalue weighted by Crippen LogP contribution is 2.79. The number of rotatable bonds is 0. The van der Waals surface area contributed by atoms with Crippen LogP contribution in [0.25, 0.3) is 0 Å². The minimum atomic E-state index is 1.24. The molecule has 0 spiro atoms. The quantitative estimate of drug-likeness (QED) is 0.477. The fourth-order valence-electron chi connectivity index (χ4n) is 4.58. The zero-order valence-electron chi connectivity index (χ0n) is 6.29. The van der Waals surface area contributed by atoms with Gasteiger partial charge in [-0.25, -0.2) is 0 Å². The number of hydrogen-bond acceptors (Lipinski definition) is 0. The first-order chi connectivity index (χ1) is 4.97. The van der Waals surface area contributed by atoms with Crippen molar-refractivity contribution in [2.75, 3.05) is 0 Å². The van der Waals surface area contributed by atoms with Crippen LogP contribution in [-0.2, 0) is 0 Å². The van der Waals surface area contributed by atoms with Crippen LogP contribution in [0.15, 0.2) is 0 Å². The van der Waals surface area contributed by atoms with Crippen LogP contribution in [0.4, 0.5) is 0 Å². The Labute approximate surface area is 62.0 Å². The molecule has 0 aliphatic heterocycles. The smallest absolute Gasteiger partial charge is 0.0318 e. The van der Waals surface area contributed by atoms with Gasteiger partial charge in [-0.3, -0.25) is 0 Å². The molecular formula is C10H14. The first-order valence-electron chi connectivity index (χ1n) is 4.97. The van der Waals surface area contributed by atoms with E-state index in [1.807, 2.05) is 0 Å². The van der Waals surface area contributed by atoms with Gasteiger partial charge in [-0.2, -0.15) is 0 Å². The van der Waals surface area contributed by atoms with Gasteiger partial charge in [0.05, 0.1) is 0 Å². The lowest BCUT2D eigenvalue weighted by atomic mass is 9.48. The van der Waals surface area contributed by atoms with Crippen LogP contribution in [0.5, 0.6) is 0 Å². The molecule has 4 aliphatic rings. The second-order valence-corrected chi connectivity index (χ2v) is 4.98. The predicted octanol–water partition coefficient (Wildman–Crippen LogP) is 2.30. The van der Waals surface area contributed by atoms with Crippen molar-refractivity contribution in [3.8, 4) is 0 Å². The summed E-state index contributed by atoms with van der Waals surface area (Å²) in [4.78, 5) is 0. The SMILES string of the molecule is C1CC2C(C1)C1C3CC3C21. The van der Waals surface area contributed by atoms with Crippen LogP contribution in [0.2, 0.25) is 0 Å². The molecule has 54 valence electrons. The summed E-state index contributed by atoms with van der Waals surface area (Å²) < 4.78 is 0. The van der Waals surface area contributed by atoms with Crippen LogP contribution >= 0.6 is 0 Å². The molecule has 6 atom stereocenters. The number of hydrogen-bond donors (Lipinski definition) is 0. The molecule has 4 saturated carbocycles. The first-order valence-corrected chi connectivity index (χ1v) is 4.97. The Balaban J connectivity index is 1.73. The minimum absolute atomic E-state index is 1.24. The van der Waals surface area contributed by atoms with Crippen molar-refractivity contribution in [3.05, 3.63) is 0 Å². The van der Waals surface area contributed by atoms with Gasteiger partial charge in [0, 0.05) is 0 Å². The molecular weight excluding hydrogens is 120 g/mol. The second-order valence-electron chi connectivity index (χ2n) is 4.98. The van der Waals surface area contributed by atoms with Crippen LogP contribution in [0, 0.1) is 35.5 Å². The maximum absolute atomic E-state index is 1.64. The number of fused-ring (bicyclic) bond motifs is 7. The molecule has 4 aliphatic carbocycles. The monoisotopic (exact) mass is 134 g/mol. The molecule has 4 rings (SSSR count). The molecule has 0 aromatic rings. The topological polar surface area (TPSA) is 0 Å². The Hall–Kier alpha value is 0. The van der Waals surface area contributed by atoms with Gasteiger partial charge < -0.3 is 0 Å². The highest BCUT2D eigenvalue weighted by molar-refractivity contribution is 5.21. The minimum Gasteiger partial charge on any atom is -0.0527 e. The van der Waals surface area contributed by atoms with Crippen LogP contribution in [-0.4, -0.2) is 0 Å². The normalized spacial score (nSPS) is 74.4. The maximum atomic E-state index is 1.64. The summed E-state index contributed by atoms with van der Waals surface area (Å²) in [6, 6.07) is 0. The van der Waals surface area contributed by atoms with Gasteiger partial charge in [0.1, 0.15) is 0 Å². The third-order valence-corrected chi connectivity index (χ3v) is 4.94. The molecule has 0 saturated heterocycles. The van der Waals surface area contributed by atoms with Gasteiger partial charge in [0.15, 0.2) is 0 Å².